The molecule has 30 heavy (non-hydrogen) atoms. The molecule has 0 bridgehead atoms. The molecule has 3 aromatic rings. The Morgan fingerprint density at radius 2 is 1.70 bits per heavy atom. The minimum Gasteiger partial charge on any atom is -0.319 e. The molecular formula is C24H17F3IrN2-2. The number of benzene rings is 1. The van der Waals surface area contributed by atoms with Crippen LogP contribution in [0, 0.1) is 12.1 Å². The van der Waals surface area contributed by atoms with Crippen LogP contribution in [0.5, 0.6) is 0 Å². The quantitative estimate of drug-likeness (QED) is 0.329. The second-order valence-corrected chi connectivity index (χ2v) is 6.04. The van der Waals surface area contributed by atoms with Crippen LogP contribution in [0.15, 0.2) is 91.3 Å². The van der Waals surface area contributed by atoms with Crippen molar-refractivity contribution in [2.24, 2.45) is 0 Å². The van der Waals surface area contributed by atoms with Gasteiger partial charge in [-0.1, -0.05) is 30.3 Å². The standard InChI is InChI=1S/C13H9F3N.C11H8N.Ir/c14-13(15,16)11-7-8-12(17-9-11)10-5-3-1-2-4-6-10;1-2-6-10(7-3-1)11-8-4-5-9-12-11;/h1-4,7-9H,5H2;1-6,8-9H;/q2*-1;. The molecule has 4 rings (SSSR count). The molecule has 2 heterocycles. The molecule has 0 fully saturated rings. The maximum absolute atomic E-state index is 12.3. The summed E-state index contributed by atoms with van der Waals surface area (Å²) in [6.45, 7) is 0. The minimum absolute atomic E-state index is 0. The number of pyridine rings is 2. The van der Waals surface area contributed by atoms with Gasteiger partial charge in [-0.15, -0.1) is 47.5 Å². The van der Waals surface area contributed by atoms with Crippen molar-refractivity contribution in [3.05, 3.63) is 115 Å². The summed E-state index contributed by atoms with van der Waals surface area (Å²) in [5.74, 6) is 0. The van der Waals surface area contributed by atoms with Crippen LogP contribution in [0.25, 0.3) is 16.8 Å². The largest absolute Gasteiger partial charge is 0.417 e. The van der Waals surface area contributed by atoms with Crippen molar-refractivity contribution in [3.63, 3.8) is 0 Å². The molecule has 0 atom stereocenters. The molecule has 1 aliphatic carbocycles. The Kier molecular flexibility index (Phi) is 8.90. The number of allylic oxidation sites excluding steroid dienone is 6. The van der Waals surface area contributed by atoms with E-state index in [-0.39, 0.29) is 20.1 Å². The Balaban J connectivity index is 0.000000218. The van der Waals surface area contributed by atoms with E-state index in [1.165, 1.54) is 6.07 Å². The average Bonchev–Trinajstić information content (AvgIpc) is 3.05. The van der Waals surface area contributed by atoms with Gasteiger partial charge in [-0.3, -0.25) is 0 Å². The van der Waals surface area contributed by atoms with E-state index in [0.29, 0.717) is 12.1 Å². The molecule has 6 heteroatoms. The molecule has 0 amide bonds. The van der Waals surface area contributed by atoms with Gasteiger partial charge in [0.2, 0.25) is 0 Å². The van der Waals surface area contributed by atoms with Crippen LogP contribution >= 0.6 is 0 Å². The molecule has 1 aliphatic rings. The van der Waals surface area contributed by atoms with E-state index in [9.17, 15) is 13.2 Å². The van der Waals surface area contributed by atoms with Crippen molar-refractivity contribution in [1.29, 1.82) is 0 Å². The van der Waals surface area contributed by atoms with Gasteiger partial charge in [0.05, 0.1) is 5.56 Å². The van der Waals surface area contributed by atoms with Crippen molar-refractivity contribution >= 4 is 5.57 Å². The van der Waals surface area contributed by atoms with E-state index >= 15 is 0 Å². The molecule has 155 valence electrons. The normalized spacial score (nSPS) is 12.7. The Bertz CT molecular complexity index is 957. The zero-order valence-corrected chi connectivity index (χ0v) is 18.1. The van der Waals surface area contributed by atoms with Gasteiger partial charge in [-0.05, 0) is 23.9 Å². The van der Waals surface area contributed by atoms with E-state index in [0.717, 1.165) is 29.1 Å². The fourth-order valence-electron chi connectivity index (χ4n) is 2.52. The minimum atomic E-state index is -4.34. The maximum Gasteiger partial charge on any atom is 0.417 e. The average molecular weight is 583 g/mol. The Hall–Kier alpha value is -2.82. The monoisotopic (exact) mass is 583 g/mol. The third-order valence-corrected chi connectivity index (χ3v) is 3.97. The summed E-state index contributed by atoms with van der Waals surface area (Å²) in [6, 6.07) is 19.2. The number of rotatable bonds is 2. The summed E-state index contributed by atoms with van der Waals surface area (Å²) in [6.07, 6.45) is 9.21. The molecule has 0 aliphatic heterocycles. The van der Waals surface area contributed by atoms with Crippen LogP contribution in [0.4, 0.5) is 13.2 Å². The number of aromatic nitrogens is 2. The Morgan fingerprint density at radius 1 is 0.867 bits per heavy atom. The first-order chi connectivity index (χ1) is 14.0. The molecule has 2 aromatic heterocycles. The van der Waals surface area contributed by atoms with Crippen molar-refractivity contribution in [2.45, 2.75) is 12.6 Å². The summed E-state index contributed by atoms with van der Waals surface area (Å²) in [7, 11) is 0. The van der Waals surface area contributed by atoms with Gasteiger partial charge in [-0.2, -0.15) is 31.4 Å². The number of alkyl halides is 3. The zero-order chi connectivity index (χ0) is 20.5. The van der Waals surface area contributed by atoms with Crippen LogP contribution < -0.4 is 0 Å². The summed E-state index contributed by atoms with van der Waals surface area (Å²) < 4.78 is 37.0. The first kappa shape index (κ1) is 23.5. The van der Waals surface area contributed by atoms with Gasteiger partial charge in [0.25, 0.3) is 0 Å². The number of hydrogen-bond donors (Lipinski definition) is 0. The maximum atomic E-state index is 12.3. The molecule has 0 unspecified atom stereocenters. The summed E-state index contributed by atoms with van der Waals surface area (Å²) in [5.41, 5.74) is 2.58. The number of halogens is 3. The van der Waals surface area contributed by atoms with E-state index in [4.69, 9.17) is 0 Å². The van der Waals surface area contributed by atoms with Gasteiger partial charge >= 0.3 is 6.18 Å². The van der Waals surface area contributed by atoms with Gasteiger partial charge in [0.15, 0.2) is 0 Å². The Labute approximate surface area is 187 Å². The summed E-state index contributed by atoms with van der Waals surface area (Å²) in [5, 5.41) is 0. The first-order valence-electron chi connectivity index (χ1n) is 8.90. The SMILES string of the molecule is FC(F)(F)c1ccc(C2=[C-]C=CC=CC2)nc1.[Ir].[c-]1ccccc1-c1ccccn1. The fourth-order valence-corrected chi connectivity index (χ4v) is 2.52. The molecule has 0 saturated carbocycles. The van der Waals surface area contributed by atoms with Gasteiger partial charge in [-0.25, -0.2) is 0 Å². The topological polar surface area (TPSA) is 25.8 Å². The smallest absolute Gasteiger partial charge is 0.319 e. The van der Waals surface area contributed by atoms with Gasteiger partial charge in [0.1, 0.15) is 0 Å². The van der Waals surface area contributed by atoms with Crippen LogP contribution in [0.1, 0.15) is 17.7 Å². The van der Waals surface area contributed by atoms with Crippen molar-refractivity contribution in [3.8, 4) is 11.3 Å². The van der Waals surface area contributed by atoms with Crippen molar-refractivity contribution in [2.75, 3.05) is 0 Å². The van der Waals surface area contributed by atoms with E-state index in [1.54, 1.807) is 12.3 Å². The van der Waals surface area contributed by atoms with E-state index in [2.05, 4.69) is 22.1 Å². The van der Waals surface area contributed by atoms with Crippen molar-refractivity contribution in [1.82, 2.24) is 9.97 Å². The van der Waals surface area contributed by atoms with Crippen molar-refractivity contribution < 1.29 is 33.3 Å². The van der Waals surface area contributed by atoms with Crippen LogP contribution in [0.3, 0.4) is 0 Å². The number of nitrogens with zero attached hydrogens (tertiary/aromatic N) is 2. The van der Waals surface area contributed by atoms with Gasteiger partial charge < -0.3 is 9.97 Å². The predicted molar refractivity (Wildman–Crippen MR) is 107 cm³/mol. The second kappa shape index (κ2) is 11.4. The van der Waals surface area contributed by atoms with Gasteiger partial charge in [0, 0.05) is 32.5 Å². The predicted octanol–water partition coefficient (Wildman–Crippen LogP) is 6.35. The fraction of sp³-hybridized carbons (Fsp3) is 0.0833. The molecular weight excluding hydrogens is 565 g/mol. The third kappa shape index (κ3) is 6.90. The Morgan fingerprint density at radius 3 is 2.33 bits per heavy atom. The molecule has 0 N–H and O–H groups in total. The summed E-state index contributed by atoms with van der Waals surface area (Å²) >= 11 is 0. The third-order valence-electron chi connectivity index (χ3n) is 3.97. The molecule has 1 radical (unpaired) electrons. The molecule has 0 spiro atoms. The molecule has 2 nitrogen and oxygen atoms in total. The number of hydrogen-bond acceptors (Lipinski definition) is 2. The zero-order valence-electron chi connectivity index (χ0n) is 15.7. The van der Waals surface area contributed by atoms with E-state index in [1.807, 2.05) is 60.7 Å². The molecule has 0 saturated heterocycles. The van der Waals surface area contributed by atoms with Crippen LogP contribution in [0.2, 0.25) is 0 Å². The van der Waals surface area contributed by atoms with Crippen LogP contribution in [-0.4, -0.2) is 9.97 Å². The first-order valence-corrected chi connectivity index (χ1v) is 8.90. The van der Waals surface area contributed by atoms with Crippen LogP contribution in [-0.2, 0) is 26.3 Å². The summed E-state index contributed by atoms with van der Waals surface area (Å²) in [4.78, 5) is 8.04. The second-order valence-electron chi connectivity index (χ2n) is 6.04. The molecule has 1 aromatic carbocycles. The van der Waals surface area contributed by atoms with E-state index < -0.39 is 11.7 Å².